The summed E-state index contributed by atoms with van der Waals surface area (Å²) >= 11 is 0. The van der Waals surface area contributed by atoms with Crippen LogP contribution < -0.4 is 15.4 Å². The molecule has 1 atom stereocenters. The van der Waals surface area contributed by atoms with Gasteiger partial charge in [-0.2, -0.15) is 0 Å². The third-order valence-electron chi connectivity index (χ3n) is 2.55. The highest BCUT2D eigenvalue weighted by molar-refractivity contribution is 6.06. The van der Waals surface area contributed by atoms with Crippen molar-refractivity contribution >= 4 is 11.9 Å². The van der Waals surface area contributed by atoms with Crippen molar-refractivity contribution in [3.8, 4) is 5.75 Å². The lowest BCUT2D eigenvalue weighted by Crippen LogP contribution is -2.25. The molecule has 0 aliphatic carbocycles. The Bertz CT molecular complexity index is 440. The van der Waals surface area contributed by atoms with Gasteiger partial charge in [-0.15, -0.1) is 0 Å². The van der Waals surface area contributed by atoms with E-state index in [4.69, 9.17) is 4.74 Å². The zero-order chi connectivity index (χ0) is 12.3. The van der Waals surface area contributed by atoms with E-state index >= 15 is 0 Å². The van der Waals surface area contributed by atoms with Gasteiger partial charge in [-0.3, -0.25) is 15.1 Å². The van der Waals surface area contributed by atoms with Crippen molar-refractivity contribution in [3.63, 3.8) is 0 Å². The molecular weight excluding hydrogens is 218 g/mol. The molecule has 5 nitrogen and oxygen atoms in total. The molecule has 90 valence electrons. The van der Waals surface area contributed by atoms with E-state index in [0.717, 1.165) is 11.3 Å². The average molecular weight is 233 g/mol. The minimum atomic E-state index is -0.369. The molecule has 2 N–H and O–H groups in total. The van der Waals surface area contributed by atoms with Gasteiger partial charge in [0.1, 0.15) is 11.8 Å². The van der Waals surface area contributed by atoms with Crippen molar-refractivity contribution in [2.75, 3.05) is 13.7 Å². The summed E-state index contributed by atoms with van der Waals surface area (Å²) in [6.45, 7) is 2.56. The summed E-state index contributed by atoms with van der Waals surface area (Å²) in [5.74, 6) is 1.23. The fraction of sp³-hybridized carbons (Fsp3) is 0.333. The molecular formula is C12H15N3O2. The second kappa shape index (κ2) is 4.86. The van der Waals surface area contributed by atoms with Crippen LogP contribution in [-0.4, -0.2) is 25.5 Å². The fourth-order valence-corrected chi connectivity index (χ4v) is 1.70. The Kier molecular flexibility index (Phi) is 3.27. The number of hydrogen-bond acceptors (Lipinski definition) is 3. The molecule has 0 radical (unpaired) electrons. The number of guanidine groups is 1. The molecule has 1 aliphatic rings. The van der Waals surface area contributed by atoms with Crippen molar-refractivity contribution in [1.29, 1.82) is 0 Å². The second-order valence-corrected chi connectivity index (χ2v) is 3.66. The van der Waals surface area contributed by atoms with Gasteiger partial charge in [0, 0.05) is 6.54 Å². The van der Waals surface area contributed by atoms with Gasteiger partial charge in [0.15, 0.2) is 5.96 Å². The molecule has 1 fully saturated rings. The van der Waals surface area contributed by atoms with Crippen LogP contribution in [0.1, 0.15) is 18.5 Å². The van der Waals surface area contributed by atoms with E-state index in [1.807, 2.05) is 31.2 Å². The van der Waals surface area contributed by atoms with E-state index in [9.17, 15) is 4.79 Å². The van der Waals surface area contributed by atoms with Gasteiger partial charge in [-0.05, 0) is 24.6 Å². The highest BCUT2D eigenvalue weighted by Crippen LogP contribution is 2.19. The normalized spacial score (nSPS) is 21.2. The van der Waals surface area contributed by atoms with Gasteiger partial charge in [0.2, 0.25) is 0 Å². The van der Waals surface area contributed by atoms with Crippen molar-refractivity contribution < 1.29 is 9.53 Å². The van der Waals surface area contributed by atoms with Crippen LogP contribution in [0.4, 0.5) is 0 Å². The second-order valence-electron chi connectivity index (χ2n) is 3.66. The van der Waals surface area contributed by atoms with Crippen LogP contribution in [0.15, 0.2) is 29.3 Å². The SMILES string of the molecule is CCN=C1NC(=O)C(c2ccc(OC)cc2)N1. The van der Waals surface area contributed by atoms with Gasteiger partial charge < -0.3 is 10.1 Å². The molecule has 1 unspecified atom stereocenters. The third-order valence-corrected chi connectivity index (χ3v) is 2.55. The van der Waals surface area contributed by atoms with Crippen LogP contribution in [-0.2, 0) is 4.79 Å². The largest absolute Gasteiger partial charge is 0.497 e. The molecule has 1 aromatic carbocycles. The maximum atomic E-state index is 11.7. The lowest BCUT2D eigenvalue weighted by Gasteiger charge is -2.08. The number of ether oxygens (including phenoxy) is 1. The predicted molar refractivity (Wildman–Crippen MR) is 65.0 cm³/mol. The summed E-state index contributed by atoms with van der Waals surface area (Å²) in [4.78, 5) is 15.9. The molecule has 1 saturated heterocycles. The smallest absolute Gasteiger partial charge is 0.253 e. The summed E-state index contributed by atoms with van der Waals surface area (Å²) in [5, 5.41) is 5.74. The van der Waals surface area contributed by atoms with Crippen LogP contribution >= 0.6 is 0 Å². The first-order valence-corrected chi connectivity index (χ1v) is 5.50. The number of nitrogens with zero attached hydrogens (tertiary/aromatic N) is 1. The highest BCUT2D eigenvalue weighted by atomic mass is 16.5. The van der Waals surface area contributed by atoms with Gasteiger partial charge in [0.05, 0.1) is 7.11 Å². The molecule has 2 rings (SSSR count). The predicted octanol–water partition coefficient (Wildman–Crippen LogP) is 0.832. The van der Waals surface area contributed by atoms with Crippen LogP contribution in [0.25, 0.3) is 0 Å². The molecule has 1 aliphatic heterocycles. The Morgan fingerprint density at radius 3 is 2.65 bits per heavy atom. The van der Waals surface area contributed by atoms with E-state index < -0.39 is 0 Å². The van der Waals surface area contributed by atoms with E-state index in [-0.39, 0.29) is 11.9 Å². The maximum absolute atomic E-state index is 11.7. The molecule has 0 aromatic heterocycles. The number of nitrogens with one attached hydrogen (secondary N) is 2. The Balaban J connectivity index is 2.17. The van der Waals surface area contributed by atoms with Crippen molar-refractivity contribution in [2.45, 2.75) is 13.0 Å². The van der Waals surface area contributed by atoms with Crippen molar-refractivity contribution in [1.82, 2.24) is 10.6 Å². The minimum absolute atomic E-state index is 0.0811. The van der Waals surface area contributed by atoms with E-state index in [0.29, 0.717) is 12.5 Å². The van der Waals surface area contributed by atoms with Crippen LogP contribution in [0.2, 0.25) is 0 Å². The number of carbonyl (C=O) groups excluding carboxylic acids is 1. The van der Waals surface area contributed by atoms with Crippen LogP contribution in [0, 0.1) is 0 Å². The quantitative estimate of drug-likeness (QED) is 0.813. The van der Waals surface area contributed by atoms with Crippen molar-refractivity contribution in [2.24, 2.45) is 4.99 Å². The first-order valence-electron chi connectivity index (χ1n) is 5.50. The maximum Gasteiger partial charge on any atom is 0.253 e. The highest BCUT2D eigenvalue weighted by Gasteiger charge is 2.29. The summed E-state index contributed by atoms with van der Waals surface area (Å²) in [7, 11) is 1.61. The molecule has 1 amide bonds. The molecule has 1 aromatic rings. The summed E-state index contributed by atoms with van der Waals surface area (Å²) in [6, 6.07) is 7.03. The van der Waals surface area contributed by atoms with Crippen LogP contribution in [0.5, 0.6) is 5.75 Å². The Morgan fingerprint density at radius 1 is 1.35 bits per heavy atom. The molecule has 0 spiro atoms. The zero-order valence-electron chi connectivity index (χ0n) is 9.86. The third kappa shape index (κ3) is 2.38. The molecule has 1 heterocycles. The first-order chi connectivity index (χ1) is 8.24. The zero-order valence-corrected chi connectivity index (χ0v) is 9.86. The molecule has 0 saturated carbocycles. The van der Waals surface area contributed by atoms with Crippen LogP contribution in [0.3, 0.4) is 0 Å². The Labute approximate surface area is 99.9 Å². The van der Waals surface area contributed by atoms with E-state index in [1.54, 1.807) is 7.11 Å². The molecule has 0 bridgehead atoms. The number of benzene rings is 1. The fourth-order valence-electron chi connectivity index (χ4n) is 1.70. The Hall–Kier alpha value is -2.04. The lowest BCUT2D eigenvalue weighted by molar-refractivity contribution is -0.120. The number of amides is 1. The standard InChI is InChI=1S/C12H15N3O2/c1-3-13-12-14-10(11(16)15-12)8-4-6-9(17-2)7-5-8/h4-7,10H,3H2,1-2H3,(H2,13,14,15,16). The lowest BCUT2D eigenvalue weighted by atomic mass is 10.1. The summed E-state index contributed by atoms with van der Waals surface area (Å²) in [5.41, 5.74) is 0.893. The first kappa shape index (κ1) is 11.4. The van der Waals surface area contributed by atoms with Gasteiger partial charge in [0.25, 0.3) is 5.91 Å². The Morgan fingerprint density at radius 2 is 2.06 bits per heavy atom. The number of aliphatic imine (C=N–C) groups is 1. The summed E-state index contributed by atoms with van der Waals surface area (Å²) in [6.07, 6.45) is 0. The van der Waals surface area contributed by atoms with Gasteiger partial charge >= 0.3 is 0 Å². The average Bonchev–Trinajstić information content (AvgIpc) is 2.71. The number of carbonyl (C=O) groups is 1. The van der Waals surface area contributed by atoms with E-state index in [1.165, 1.54) is 0 Å². The topological polar surface area (TPSA) is 62.7 Å². The number of rotatable bonds is 3. The number of hydrogen-bond donors (Lipinski definition) is 2. The van der Waals surface area contributed by atoms with Gasteiger partial charge in [-0.25, -0.2) is 0 Å². The van der Waals surface area contributed by atoms with Gasteiger partial charge in [-0.1, -0.05) is 12.1 Å². The monoisotopic (exact) mass is 233 g/mol. The van der Waals surface area contributed by atoms with E-state index in [2.05, 4.69) is 15.6 Å². The molecule has 17 heavy (non-hydrogen) atoms. The molecule has 5 heteroatoms. The van der Waals surface area contributed by atoms with Crippen molar-refractivity contribution in [3.05, 3.63) is 29.8 Å². The summed E-state index contributed by atoms with van der Waals surface area (Å²) < 4.78 is 5.07. The number of methoxy groups -OCH3 is 1. The minimum Gasteiger partial charge on any atom is -0.497 e.